The molecule has 2 unspecified atom stereocenters. The van der Waals surface area contributed by atoms with Crippen molar-refractivity contribution in [1.29, 1.82) is 0 Å². The summed E-state index contributed by atoms with van der Waals surface area (Å²) >= 11 is 0. The van der Waals surface area contributed by atoms with Crippen LogP contribution in [0, 0.1) is 5.92 Å². The van der Waals surface area contributed by atoms with Crippen LogP contribution in [-0.2, 0) is 7.05 Å². The largest absolute Gasteiger partial charge is 0.352 e. The number of rotatable bonds is 0. The zero-order valence-electron chi connectivity index (χ0n) is 23.1. The zero-order valence-corrected chi connectivity index (χ0v) is 23.1. The Morgan fingerprint density at radius 1 is 0.619 bits per heavy atom. The van der Waals surface area contributed by atoms with Gasteiger partial charge in [-0.3, -0.25) is 0 Å². The summed E-state index contributed by atoms with van der Waals surface area (Å²) in [4.78, 5) is 28.2. The van der Waals surface area contributed by atoms with Gasteiger partial charge < -0.3 is 9.47 Å². The van der Waals surface area contributed by atoms with E-state index in [2.05, 4.69) is 89.4 Å². The molecule has 200 valence electrons. The van der Waals surface area contributed by atoms with E-state index in [9.17, 15) is 0 Å². The molecule has 4 aliphatic heterocycles. The molecule has 0 saturated carbocycles. The van der Waals surface area contributed by atoms with Crippen molar-refractivity contribution in [1.82, 2.24) is 9.47 Å². The Morgan fingerprint density at radius 2 is 1.21 bits per heavy atom. The molecule has 42 heavy (non-hydrogen) atoms. The van der Waals surface area contributed by atoms with Gasteiger partial charge in [0, 0.05) is 58.7 Å². The van der Waals surface area contributed by atoms with Gasteiger partial charge in [-0.1, -0.05) is 97.1 Å². The average molecular weight is 544 g/mol. The fourth-order valence-corrected chi connectivity index (χ4v) is 6.68. The van der Waals surface area contributed by atoms with E-state index in [1.165, 1.54) is 5.57 Å². The van der Waals surface area contributed by atoms with Crippen LogP contribution in [0.3, 0.4) is 0 Å². The van der Waals surface area contributed by atoms with E-state index in [0.717, 1.165) is 55.4 Å². The number of allylic oxidation sites excluding steroid dienone is 4. The molecule has 7 nitrogen and oxygen atoms in total. The van der Waals surface area contributed by atoms with E-state index in [0.29, 0.717) is 17.5 Å². The first kappa shape index (κ1) is 23.3. The number of hydrogen-bond acceptors (Lipinski definition) is 6. The minimum atomic E-state index is -0.153. The van der Waals surface area contributed by atoms with Crippen molar-refractivity contribution in [2.75, 3.05) is 7.05 Å². The molecule has 5 heterocycles. The third-order valence-corrected chi connectivity index (χ3v) is 8.75. The molecule has 0 saturated heterocycles. The lowest BCUT2D eigenvalue weighted by Crippen LogP contribution is -2.29. The summed E-state index contributed by atoms with van der Waals surface area (Å²) < 4.78 is 2.05. The van der Waals surface area contributed by atoms with E-state index in [1.54, 1.807) is 0 Å². The van der Waals surface area contributed by atoms with Crippen molar-refractivity contribution in [3.05, 3.63) is 148 Å². The number of aliphatic imine (C=N–C) groups is 3. The maximum atomic E-state index is 5.32. The lowest BCUT2D eigenvalue weighted by molar-refractivity contribution is 0.321. The first-order chi connectivity index (χ1) is 20.7. The molecule has 0 fully saturated rings. The number of fused-ring (bicyclic) bond motifs is 17. The van der Waals surface area contributed by atoms with E-state index >= 15 is 0 Å². The van der Waals surface area contributed by atoms with E-state index in [4.69, 9.17) is 25.0 Å². The third-order valence-electron chi connectivity index (χ3n) is 8.75. The maximum absolute atomic E-state index is 5.32. The summed E-state index contributed by atoms with van der Waals surface area (Å²) in [5.74, 6) is 2.17. The molecule has 7 heteroatoms. The summed E-state index contributed by atoms with van der Waals surface area (Å²) in [5.41, 5.74) is 8.92. The monoisotopic (exact) mass is 543 g/mol. The number of benzene rings is 3. The fourth-order valence-electron chi connectivity index (χ4n) is 6.68. The first-order valence-electron chi connectivity index (χ1n) is 14.1. The zero-order chi connectivity index (χ0) is 27.9. The molecule has 1 aliphatic carbocycles. The Labute approximate surface area is 242 Å². The van der Waals surface area contributed by atoms with Gasteiger partial charge in [-0.05, 0) is 11.6 Å². The van der Waals surface area contributed by atoms with Crippen molar-refractivity contribution in [2.24, 2.45) is 37.9 Å². The predicted octanol–water partition coefficient (Wildman–Crippen LogP) is 4.71. The van der Waals surface area contributed by atoms with Crippen LogP contribution in [0.4, 0.5) is 0 Å². The Bertz CT molecular complexity index is 2240. The van der Waals surface area contributed by atoms with Crippen LogP contribution in [0.15, 0.2) is 139 Å². The second-order valence-corrected chi connectivity index (χ2v) is 11.1. The van der Waals surface area contributed by atoms with Gasteiger partial charge in [0.05, 0.1) is 5.70 Å². The normalized spacial score (nSPS) is 21.2. The van der Waals surface area contributed by atoms with Crippen LogP contribution in [-0.4, -0.2) is 40.2 Å². The quantitative estimate of drug-likeness (QED) is 0.317. The maximum Gasteiger partial charge on any atom is 0.164 e. The number of aromatic nitrogens is 1. The highest BCUT2D eigenvalue weighted by molar-refractivity contribution is 6.22. The van der Waals surface area contributed by atoms with Gasteiger partial charge in [0.25, 0.3) is 0 Å². The fraction of sp³-hybridized carbons (Fsp3) is 0.114. The third kappa shape index (κ3) is 3.19. The molecule has 0 spiro atoms. The summed E-state index contributed by atoms with van der Waals surface area (Å²) in [6.45, 7) is 0. The lowest BCUT2D eigenvalue weighted by atomic mass is 9.93. The molecule has 0 amide bonds. The van der Waals surface area contributed by atoms with Crippen molar-refractivity contribution in [2.45, 2.75) is 6.17 Å². The number of amidine groups is 3. The number of hydrogen-bond donors (Lipinski definition) is 0. The van der Waals surface area contributed by atoms with E-state index < -0.39 is 0 Å². The minimum absolute atomic E-state index is 0.0992. The lowest BCUT2D eigenvalue weighted by Gasteiger charge is -2.24. The van der Waals surface area contributed by atoms with Crippen molar-refractivity contribution >= 4 is 34.0 Å². The van der Waals surface area contributed by atoms with Gasteiger partial charge in [0.2, 0.25) is 0 Å². The Balaban J connectivity index is 1.41. The molecule has 9 rings (SSSR count). The Kier molecular flexibility index (Phi) is 4.73. The van der Waals surface area contributed by atoms with E-state index in [1.807, 2.05) is 37.4 Å². The molecule has 3 aromatic carbocycles. The molecule has 8 bridgehead atoms. The van der Waals surface area contributed by atoms with Crippen LogP contribution >= 0.6 is 0 Å². The van der Waals surface area contributed by atoms with Crippen LogP contribution in [0.1, 0.15) is 22.3 Å². The topological polar surface area (TPSA) is 70.0 Å². The molecule has 0 N–H and O–H groups in total. The van der Waals surface area contributed by atoms with Crippen LogP contribution in [0.5, 0.6) is 0 Å². The Hall–Kier alpha value is -5.43. The standard InChI is InChI=1S/C35H25N7/c1-41-29-19-28-20-11-3-5-13-22(20)30(36-28)38-34-26-17-9-10-18-27(26)35(42(34)2)40-32-24-15-7-6-14-23(24)31(37-32)39-33(41)25-16-8-4-12-21(25)29/h3-19,25,33H,1-2H3. The van der Waals surface area contributed by atoms with Crippen molar-refractivity contribution < 1.29 is 0 Å². The molecular formula is C35H25N7. The van der Waals surface area contributed by atoms with E-state index in [-0.39, 0.29) is 12.1 Å². The summed E-state index contributed by atoms with van der Waals surface area (Å²) in [5, 5.41) is 2.04. The molecule has 1 aromatic heterocycles. The molecule has 4 aromatic rings. The average Bonchev–Trinajstić information content (AvgIpc) is 3.71. The molecule has 0 radical (unpaired) electrons. The smallest absolute Gasteiger partial charge is 0.164 e. The van der Waals surface area contributed by atoms with Gasteiger partial charge in [-0.15, -0.1) is 0 Å². The molecule has 2 atom stereocenters. The second kappa shape index (κ2) is 8.54. The van der Waals surface area contributed by atoms with Gasteiger partial charge in [-0.2, -0.15) is 0 Å². The van der Waals surface area contributed by atoms with Gasteiger partial charge >= 0.3 is 0 Å². The minimum Gasteiger partial charge on any atom is -0.352 e. The number of nitrogens with zero attached hydrogens (tertiary/aromatic N) is 7. The van der Waals surface area contributed by atoms with Crippen molar-refractivity contribution in [3.63, 3.8) is 0 Å². The first-order valence-corrected chi connectivity index (χ1v) is 14.1. The highest BCUT2D eigenvalue weighted by Gasteiger charge is 2.38. The Morgan fingerprint density at radius 3 is 1.93 bits per heavy atom. The number of likely N-dealkylation sites (N-methyl/N-ethyl adjacent to an activating group) is 1. The SMILES string of the molecule is CN1C2=C3C=CC=CC3C1N=C1N=C(N=c3c4ccccc4c(n3C)=NC3=NC(=C2)c2ccccc23)c2ccccc21. The van der Waals surface area contributed by atoms with Gasteiger partial charge in [-0.25, -0.2) is 25.0 Å². The molecule has 5 aliphatic rings. The van der Waals surface area contributed by atoms with Gasteiger partial charge in [0.1, 0.15) is 17.1 Å². The van der Waals surface area contributed by atoms with Gasteiger partial charge in [0.15, 0.2) is 17.5 Å². The second-order valence-electron chi connectivity index (χ2n) is 11.1. The van der Waals surface area contributed by atoms with Crippen LogP contribution < -0.4 is 11.0 Å². The summed E-state index contributed by atoms with van der Waals surface area (Å²) in [6, 6.07) is 24.9. The highest BCUT2D eigenvalue weighted by Crippen LogP contribution is 2.41. The summed E-state index contributed by atoms with van der Waals surface area (Å²) in [6.07, 6.45) is 10.7. The van der Waals surface area contributed by atoms with Crippen LogP contribution in [0.25, 0.3) is 16.5 Å². The molecular weight excluding hydrogens is 518 g/mol. The highest BCUT2D eigenvalue weighted by atomic mass is 15.3. The predicted molar refractivity (Wildman–Crippen MR) is 166 cm³/mol. The van der Waals surface area contributed by atoms with Crippen LogP contribution in [0.2, 0.25) is 0 Å². The van der Waals surface area contributed by atoms with Crippen molar-refractivity contribution in [3.8, 4) is 0 Å². The summed E-state index contributed by atoms with van der Waals surface area (Å²) in [7, 11) is 4.13.